The first-order valence-electron chi connectivity index (χ1n) is 4.09. The maximum absolute atomic E-state index is 8.84. The van der Waals surface area contributed by atoms with Crippen molar-refractivity contribution in [3.8, 4) is 6.07 Å². The molecule has 0 bridgehead atoms. The van der Waals surface area contributed by atoms with Gasteiger partial charge in [0.25, 0.3) is 0 Å². The van der Waals surface area contributed by atoms with E-state index in [0.29, 0.717) is 23.6 Å². The fourth-order valence-electron chi connectivity index (χ4n) is 1.15. The van der Waals surface area contributed by atoms with E-state index in [1.807, 2.05) is 6.07 Å². The van der Waals surface area contributed by atoms with Gasteiger partial charge in [-0.3, -0.25) is 0 Å². The van der Waals surface area contributed by atoms with Gasteiger partial charge in [-0.15, -0.1) is 6.58 Å². The van der Waals surface area contributed by atoms with Gasteiger partial charge >= 0.3 is 0 Å². The number of hydrogen-bond acceptors (Lipinski definition) is 4. The van der Waals surface area contributed by atoms with E-state index >= 15 is 0 Å². The van der Waals surface area contributed by atoms with Crippen LogP contribution in [-0.4, -0.2) is 16.9 Å². The van der Waals surface area contributed by atoms with Crippen molar-refractivity contribution < 1.29 is 4.74 Å². The van der Waals surface area contributed by atoms with Gasteiger partial charge in [0, 0.05) is 7.11 Å². The highest BCUT2D eigenvalue weighted by Crippen LogP contribution is 2.16. The molecule has 0 fully saturated rings. The number of nitriles is 1. The zero-order valence-corrected chi connectivity index (χ0v) is 8.03. The standard InChI is InChI=1S/C9H12N4O/c1-3-4-13-9(11)7(5-10)8(12-13)6-14-2/h3H,1,4,6,11H2,2H3. The first kappa shape index (κ1) is 10.3. The Hall–Kier alpha value is -1.80. The highest BCUT2D eigenvalue weighted by Gasteiger charge is 2.13. The van der Waals surface area contributed by atoms with Crippen molar-refractivity contribution in [2.75, 3.05) is 12.8 Å². The zero-order chi connectivity index (χ0) is 10.6. The van der Waals surface area contributed by atoms with Crippen LogP contribution in [0.3, 0.4) is 0 Å². The molecular formula is C9H12N4O. The van der Waals surface area contributed by atoms with Gasteiger partial charge in [-0.2, -0.15) is 10.4 Å². The van der Waals surface area contributed by atoms with Gasteiger partial charge in [-0.25, -0.2) is 4.68 Å². The van der Waals surface area contributed by atoms with Crippen molar-refractivity contribution in [1.82, 2.24) is 9.78 Å². The second-order valence-electron chi connectivity index (χ2n) is 2.72. The first-order chi connectivity index (χ1) is 6.74. The molecular weight excluding hydrogens is 180 g/mol. The van der Waals surface area contributed by atoms with E-state index in [-0.39, 0.29) is 6.61 Å². The number of aromatic nitrogens is 2. The van der Waals surface area contributed by atoms with E-state index in [4.69, 9.17) is 15.7 Å². The average Bonchev–Trinajstić information content (AvgIpc) is 2.45. The van der Waals surface area contributed by atoms with Gasteiger partial charge in [-0.05, 0) is 0 Å². The van der Waals surface area contributed by atoms with E-state index < -0.39 is 0 Å². The number of ether oxygens (including phenoxy) is 1. The summed E-state index contributed by atoms with van der Waals surface area (Å²) >= 11 is 0. The summed E-state index contributed by atoms with van der Waals surface area (Å²) in [7, 11) is 1.55. The largest absolute Gasteiger partial charge is 0.383 e. The van der Waals surface area contributed by atoms with Gasteiger partial charge in [0.1, 0.15) is 23.1 Å². The quantitative estimate of drug-likeness (QED) is 0.711. The number of nitrogens with two attached hydrogens (primary N) is 1. The van der Waals surface area contributed by atoms with E-state index in [0.717, 1.165) is 0 Å². The maximum Gasteiger partial charge on any atom is 0.140 e. The molecule has 0 radical (unpaired) electrons. The molecule has 1 heterocycles. The van der Waals surface area contributed by atoms with Crippen molar-refractivity contribution in [3.63, 3.8) is 0 Å². The summed E-state index contributed by atoms with van der Waals surface area (Å²) in [5.41, 5.74) is 6.65. The Morgan fingerprint density at radius 2 is 2.50 bits per heavy atom. The van der Waals surface area contributed by atoms with Gasteiger partial charge in [0.15, 0.2) is 0 Å². The second-order valence-corrected chi connectivity index (χ2v) is 2.72. The lowest BCUT2D eigenvalue weighted by atomic mass is 10.2. The number of nitrogens with zero attached hydrogens (tertiary/aromatic N) is 3. The predicted molar refractivity (Wildman–Crippen MR) is 52.3 cm³/mol. The van der Waals surface area contributed by atoms with Crippen molar-refractivity contribution >= 4 is 5.82 Å². The predicted octanol–water partition coefficient (Wildman–Crippen LogP) is 0.669. The normalized spacial score (nSPS) is 9.71. The molecule has 0 aliphatic rings. The molecule has 0 spiro atoms. The van der Waals surface area contributed by atoms with E-state index in [1.54, 1.807) is 13.2 Å². The zero-order valence-electron chi connectivity index (χ0n) is 8.03. The van der Waals surface area contributed by atoms with Crippen LogP contribution in [0.2, 0.25) is 0 Å². The molecule has 0 aliphatic heterocycles. The summed E-state index contributed by atoms with van der Waals surface area (Å²) in [5, 5.41) is 13.0. The summed E-state index contributed by atoms with van der Waals surface area (Å²) in [5.74, 6) is 0.361. The molecule has 74 valence electrons. The Bertz CT molecular complexity index is 375. The van der Waals surface area contributed by atoms with Gasteiger partial charge in [0.05, 0.1) is 13.2 Å². The monoisotopic (exact) mass is 192 g/mol. The van der Waals surface area contributed by atoms with Crippen LogP contribution in [0, 0.1) is 11.3 Å². The summed E-state index contributed by atoms with van der Waals surface area (Å²) in [4.78, 5) is 0. The minimum atomic E-state index is 0.289. The van der Waals surface area contributed by atoms with Gasteiger partial charge in [-0.1, -0.05) is 6.08 Å². The van der Waals surface area contributed by atoms with Crippen molar-refractivity contribution in [2.45, 2.75) is 13.2 Å². The minimum absolute atomic E-state index is 0.289. The molecule has 1 aromatic heterocycles. The molecule has 0 aromatic carbocycles. The topological polar surface area (TPSA) is 76.9 Å². The van der Waals surface area contributed by atoms with Crippen LogP contribution < -0.4 is 5.73 Å². The number of hydrogen-bond donors (Lipinski definition) is 1. The molecule has 2 N–H and O–H groups in total. The Labute approximate surface area is 82.4 Å². The molecule has 1 rings (SSSR count). The molecule has 1 aromatic rings. The highest BCUT2D eigenvalue weighted by molar-refractivity contribution is 5.52. The molecule has 0 atom stereocenters. The number of methoxy groups -OCH3 is 1. The molecule has 0 aliphatic carbocycles. The molecule has 5 nitrogen and oxygen atoms in total. The van der Waals surface area contributed by atoms with Crippen LogP contribution in [0.5, 0.6) is 0 Å². The van der Waals surface area contributed by atoms with E-state index in [2.05, 4.69) is 11.7 Å². The molecule has 0 unspecified atom stereocenters. The highest BCUT2D eigenvalue weighted by atomic mass is 16.5. The molecule has 0 saturated carbocycles. The summed E-state index contributed by atoms with van der Waals surface area (Å²) in [6.07, 6.45) is 1.67. The van der Waals surface area contributed by atoms with Crippen LogP contribution >= 0.6 is 0 Å². The first-order valence-corrected chi connectivity index (χ1v) is 4.09. The Kier molecular flexibility index (Phi) is 3.26. The second kappa shape index (κ2) is 4.44. The number of nitrogen functional groups attached to an aromatic ring is 1. The van der Waals surface area contributed by atoms with Crippen LogP contribution in [0.1, 0.15) is 11.3 Å². The Balaban J connectivity index is 3.11. The lowest BCUT2D eigenvalue weighted by molar-refractivity contribution is 0.180. The molecule has 5 heteroatoms. The summed E-state index contributed by atoms with van der Waals surface area (Å²) in [6, 6.07) is 2.00. The average molecular weight is 192 g/mol. The summed E-state index contributed by atoms with van der Waals surface area (Å²) in [6.45, 7) is 4.36. The maximum atomic E-state index is 8.84. The van der Waals surface area contributed by atoms with Gasteiger partial charge in [0.2, 0.25) is 0 Å². The third kappa shape index (κ3) is 1.75. The lowest BCUT2D eigenvalue weighted by Gasteiger charge is -1.97. The van der Waals surface area contributed by atoms with Crippen molar-refractivity contribution in [3.05, 3.63) is 23.9 Å². The smallest absolute Gasteiger partial charge is 0.140 e. The fraction of sp³-hybridized carbons (Fsp3) is 0.333. The minimum Gasteiger partial charge on any atom is -0.383 e. The Morgan fingerprint density at radius 3 is 3.00 bits per heavy atom. The number of allylic oxidation sites excluding steroid dienone is 1. The third-order valence-corrected chi connectivity index (χ3v) is 1.76. The number of anilines is 1. The number of rotatable bonds is 4. The van der Waals surface area contributed by atoms with Crippen LogP contribution in [-0.2, 0) is 17.9 Å². The van der Waals surface area contributed by atoms with E-state index in [1.165, 1.54) is 4.68 Å². The summed E-state index contributed by atoms with van der Waals surface area (Å²) < 4.78 is 6.44. The molecule has 0 saturated heterocycles. The van der Waals surface area contributed by atoms with Crippen molar-refractivity contribution in [2.24, 2.45) is 0 Å². The Morgan fingerprint density at radius 1 is 1.79 bits per heavy atom. The molecule has 0 amide bonds. The molecule has 14 heavy (non-hydrogen) atoms. The third-order valence-electron chi connectivity index (χ3n) is 1.76. The van der Waals surface area contributed by atoms with Crippen LogP contribution in [0.4, 0.5) is 5.82 Å². The van der Waals surface area contributed by atoms with Gasteiger partial charge < -0.3 is 10.5 Å². The van der Waals surface area contributed by atoms with E-state index in [9.17, 15) is 0 Å². The van der Waals surface area contributed by atoms with Crippen LogP contribution in [0.25, 0.3) is 0 Å². The van der Waals surface area contributed by atoms with Crippen molar-refractivity contribution in [1.29, 1.82) is 5.26 Å². The fourth-order valence-corrected chi connectivity index (χ4v) is 1.15. The van der Waals surface area contributed by atoms with Crippen LogP contribution in [0.15, 0.2) is 12.7 Å². The SMILES string of the molecule is C=CCn1nc(COC)c(C#N)c1N. The lowest BCUT2D eigenvalue weighted by Crippen LogP contribution is -2.03.